The average Bonchev–Trinajstić information content (AvgIpc) is 3.02. The number of Topliss-reactive ketones (excluding diaryl/α,β-unsaturated/α-hetero) is 1. The van der Waals surface area contributed by atoms with Gasteiger partial charge in [-0.05, 0) is 29.3 Å². The highest BCUT2D eigenvalue weighted by Gasteiger charge is 2.54. The van der Waals surface area contributed by atoms with Crippen molar-refractivity contribution < 1.29 is 23.2 Å². The van der Waals surface area contributed by atoms with Crippen molar-refractivity contribution in [2.24, 2.45) is 0 Å². The second kappa shape index (κ2) is 7.51. The fourth-order valence-electron chi connectivity index (χ4n) is 3.56. The van der Waals surface area contributed by atoms with E-state index in [0.717, 1.165) is 23.1 Å². The van der Waals surface area contributed by atoms with Crippen LogP contribution in [0, 0.1) is 11.6 Å². The van der Waals surface area contributed by atoms with Crippen LogP contribution in [-0.4, -0.2) is 29.2 Å². The van der Waals surface area contributed by atoms with Gasteiger partial charge in [-0.3, -0.25) is 14.5 Å². The van der Waals surface area contributed by atoms with Gasteiger partial charge in [0.05, 0.1) is 6.54 Å². The van der Waals surface area contributed by atoms with Crippen LogP contribution in [0.4, 0.5) is 13.6 Å². The summed E-state index contributed by atoms with van der Waals surface area (Å²) >= 11 is 0. The zero-order valence-corrected chi connectivity index (χ0v) is 15.6. The van der Waals surface area contributed by atoms with Crippen molar-refractivity contribution in [1.82, 2.24) is 10.2 Å². The Morgan fingerprint density at radius 1 is 0.833 bits per heavy atom. The minimum atomic E-state index is -1.49. The van der Waals surface area contributed by atoms with Gasteiger partial charge in [0.25, 0.3) is 5.91 Å². The van der Waals surface area contributed by atoms with Gasteiger partial charge >= 0.3 is 6.03 Å². The van der Waals surface area contributed by atoms with E-state index < -0.39 is 41.4 Å². The molecule has 3 aromatic rings. The molecule has 30 heavy (non-hydrogen) atoms. The molecule has 1 aliphatic rings. The van der Waals surface area contributed by atoms with Crippen LogP contribution in [0.2, 0.25) is 0 Å². The molecule has 0 unspecified atom stereocenters. The molecule has 150 valence electrons. The number of amides is 3. The van der Waals surface area contributed by atoms with Crippen molar-refractivity contribution in [3.05, 3.63) is 107 Å². The molecule has 0 bridgehead atoms. The molecule has 1 N–H and O–H groups in total. The van der Waals surface area contributed by atoms with Crippen molar-refractivity contribution in [3.8, 4) is 0 Å². The van der Waals surface area contributed by atoms with Gasteiger partial charge in [-0.2, -0.15) is 0 Å². The number of urea groups is 1. The molecular formula is C23H16F2N2O3. The number of rotatable bonds is 5. The molecule has 0 radical (unpaired) electrons. The van der Waals surface area contributed by atoms with Gasteiger partial charge in [-0.15, -0.1) is 0 Å². The maximum Gasteiger partial charge on any atom is 0.325 e. The second-order valence-electron chi connectivity index (χ2n) is 6.86. The van der Waals surface area contributed by atoms with E-state index in [-0.39, 0.29) is 5.56 Å². The van der Waals surface area contributed by atoms with Gasteiger partial charge in [-0.25, -0.2) is 13.6 Å². The molecule has 4 rings (SSSR count). The summed E-state index contributed by atoms with van der Waals surface area (Å²) in [7, 11) is 0. The molecule has 1 saturated heterocycles. The lowest BCUT2D eigenvalue weighted by atomic mass is 9.82. The number of ketones is 1. The van der Waals surface area contributed by atoms with Crippen molar-refractivity contribution in [3.63, 3.8) is 0 Å². The predicted octanol–water partition coefficient (Wildman–Crippen LogP) is 3.64. The van der Waals surface area contributed by atoms with Crippen LogP contribution in [0.25, 0.3) is 0 Å². The number of hydrogen-bond donors (Lipinski definition) is 1. The Balaban J connectivity index is 1.72. The Morgan fingerprint density at radius 3 is 1.93 bits per heavy atom. The summed E-state index contributed by atoms with van der Waals surface area (Å²) in [6.45, 7) is -0.600. The van der Waals surface area contributed by atoms with Gasteiger partial charge in [0.1, 0.15) is 0 Å². The zero-order chi connectivity index (χ0) is 21.3. The molecule has 1 heterocycles. The van der Waals surface area contributed by atoms with E-state index in [1.165, 1.54) is 0 Å². The van der Waals surface area contributed by atoms with Crippen LogP contribution < -0.4 is 5.32 Å². The Morgan fingerprint density at radius 2 is 1.40 bits per heavy atom. The molecule has 7 heteroatoms. The molecule has 0 aliphatic carbocycles. The van der Waals surface area contributed by atoms with E-state index in [1.54, 1.807) is 60.7 Å². The first kappa shape index (κ1) is 19.4. The van der Waals surface area contributed by atoms with Crippen LogP contribution >= 0.6 is 0 Å². The van der Waals surface area contributed by atoms with Gasteiger partial charge in [0.15, 0.2) is 23.0 Å². The van der Waals surface area contributed by atoms with Crippen LogP contribution in [0.3, 0.4) is 0 Å². The quantitative estimate of drug-likeness (QED) is 0.520. The average molecular weight is 406 g/mol. The maximum absolute atomic E-state index is 13.5. The summed E-state index contributed by atoms with van der Waals surface area (Å²) in [6.07, 6.45) is 0. The normalized spacial score (nSPS) is 15.2. The zero-order valence-electron chi connectivity index (χ0n) is 15.6. The number of carbonyl (C=O) groups excluding carboxylic acids is 3. The summed E-state index contributed by atoms with van der Waals surface area (Å²) in [6, 6.07) is 19.3. The van der Waals surface area contributed by atoms with E-state index in [0.29, 0.717) is 11.1 Å². The van der Waals surface area contributed by atoms with E-state index in [4.69, 9.17) is 0 Å². The lowest BCUT2D eigenvalue weighted by Crippen LogP contribution is -2.45. The molecule has 0 spiro atoms. The predicted molar refractivity (Wildman–Crippen MR) is 105 cm³/mol. The fraction of sp³-hybridized carbons (Fsp3) is 0.0870. The van der Waals surface area contributed by atoms with Crippen molar-refractivity contribution in [2.45, 2.75) is 5.54 Å². The van der Waals surface area contributed by atoms with Crippen molar-refractivity contribution in [2.75, 3.05) is 6.54 Å². The van der Waals surface area contributed by atoms with Gasteiger partial charge in [0.2, 0.25) is 0 Å². The van der Waals surface area contributed by atoms with Crippen LogP contribution in [0.1, 0.15) is 21.5 Å². The van der Waals surface area contributed by atoms with Gasteiger partial charge in [-0.1, -0.05) is 60.7 Å². The second-order valence-corrected chi connectivity index (χ2v) is 6.86. The topological polar surface area (TPSA) is 66.5 Å². The SMILES string of the molecule is O=C(CN1C(=O)NC(c2ccccc2)(c2ccccc2)C1=O)c1ccc(F)c(F)c1. The van der Waals surface area contributed by atoms with Crippen LogP contribution in [0.5, 0.6) is 0 Å². The molecule has 0 atom stereocenters. The first-order valence-electron chi connectivity index (χ1n) is 9.17. The Bertz CT molecular complexity index is 1090. The molecular weight excluding hydrogens is 390 g/mol. The Kier molecular flexibility index (Phi) is 4.87. The molecule has 0 aromatic heterocycles. The minimum Gasteiger partial charge on any atom is -0.315 e. The first-order chi connectivity index (χ1) is 14.4. The van der Waals surface area contributed by atoms with Gasteiger partial charge in [0, 0.05) is 5.56 Å². The third-order valence-electron chi connectivity index (χ3n) is 5.06. The highest BCUT2D eigenvalue weighted by molar-refractivity contribution is 6.13. The number of halogens is 2. The van der Waals surface area contributed by atoms with Crippen molar-refractivity contribution >= 4 is 17.7 Å². The van der Waals surface area contributed by atoms with Crippen molar-refractivity contribution in [1.29, 1.82) is 0 Å². The number of hydrogen-bond acceptors (Lipinski definition) is 3. The van der Waals surface area contributed by atoms with E-state index in [1.807, 2.05) is 0 Å². The standard InChI is InChI=1S/C23H16F2N2O3/c24-18-12-11-15(13-19(18)25)20(28)14-27-21(29)23(26-22(27)30,16-7-3-1-4-8-16)17-9-5-2-6-10-17/h1-13H,14H2,(H,26,30). The summed E-state index contributed by atoms with van der Waals surface area (Å²) in [4.78, 5) is 39.6. The number of benzene rings is 3. The molecule has 1 fully saturated rings. The number of nitrogens with zero attached hydrogens (tertiary/aromatic N) is 1. The maximum atomic E-state index is 13.5. The van der Waals surface area contributed by atoms with E-state index >= 15 is 0 Å². The summed E-state index contributed by atoms with van der Waals surface area (Å²) in [5, 5.41) is 2.73. The summed E-state index contributed by atoms with van der Waals surface area (Å²) < 4.78 is 26.6. The molecule has 3 amide bonds. The number of nitrogens with one attached hydrogen (secondary N) is 1. The minimum absolute atomic E-state index is 0.133. The third kappa shape index (κ3) is 3.14. The molecule has 5 nitrogen and oxygen atoms in total. The fourth-order valence-corrected chi connectivity index (χ4v) is 3.56. The molecule has 0 saturated carbocycles. The Hall–Kier alpha value is -3.87. The Labute approximate surface area is 170 Å². The number of imide groups is 1. The molecule has 1 aliphatic heterocycles. The highest BCUT2D eigenvalue weighted by Crippen LogP contribution is 2.36. The van der Waals surface area contributed by atoms with Crippen LogP contribution in [0.15, 0.2) is 78.9 Å². The smallest absolute Gasteiger partial charge is 0.315 e. The molecule has 3 aromatic carbocycles. The largest absolute Gasteiger partial charge is 0.325 e. The van der Waals surface area contributed by atoms with E-state index in [2.05, 4.69) is 5.32 Å². The van der Waals surface area contributed by atoms with Gasteiger partial charge < -0.3 is 5.32 Å². The lowest BCUT2D eigenvalue weighted by Gasteiger charge is -2.28. The van der Waals surface area contributed by atoms with E-state index in [9.17, 15) is 23.2 Å². The summed E-state index contributed by atoms with van der Waals surface area (Å²) in [5.74, 6) is -3.58. The highest BCUT2D eigenvalue weighted by atomic mass is 19.2. The first-order valence-corrected chi connectivity index (χ1v) is 9.17. The lowest BCUT2D eigenvalue weighted by molar-refractivity contribution is -0.129. The number of carbonyl (C=O) groups is 3. The third-order valence-corrected chi connectivity index (χ3v) is 5.06. The van der Waals surface area contributed by atoms with Crippen LogP contribution in [-0.2, 0) is 10.3 Å². The summed E-state index contributed by atoms with van der Waals surface area (Å²) in [5.41, 5.74) is -0.547. The monoisotopic (exact) mass is 406 g/mol.